The van der Waals surface area contributed by atoms with Gasteiger partial charge < -0.3 is 0 Å². The number of hydrogen-bond acceptors (Lipinski definition) is 6. The number of hydrogen-bond donors (Lipinski definition) is 1. The molecule has 3 rings (SSSR count). The van der Waals surface area contributed by atoms with Gasteiger partial charge in [0.2, 0.25) is 11.9 Å². The van der Waals surface area contributed by atoms with E-state index >= 15 is 0 Å². The third kappa shape index (κ3) is 4.88. The number of anilines is 1. The first kappa shape index (κ1) is 16.1. The summed E-state index contributed by atoms with van der Waals surface area (Å²) in [6.07, 6.45) is 6.80. The lowest BCUT2D eigenvalue weighted by atomic mass is 10.3. The lowest BCUT2D eigenvalue weighted by molar-refractivity contribution is -0.113. The summed E-state index contributed by atoms with van der Waals surface area (Å²) in [6.45, 7) is 0.514. The first-order valence-corrected chi connectivity index (χ1v) is 8.51. The Kier molecular flexibility index (Phi) is 5.52. The highest BCUT2D eigenvalue weighted by atomic mass is 32.2. The van der Waals surface area contributed by atoms with Gasteiger partial charge in [-0.05, 0) is 29.8 Å². The highest BCUT2D eigenvalue weighted by molar-refractivity contribution is 7.99. The van der Waals surface area contributed by atoms with Crippen molar-refractivity contribution in [3.8, 4) is 0 Å². The Morgan fingerprint density at radius 1 is 1.12 bits per heavy atom. The molecule has 0 aromatic carbocycles. The molecule has 7 nitrogen and oxygen atoms in total. The standard InChI is InChI=1S/C16H16N6OS/c23-15(11-24-10-13-4-7-17-8-5-13)20-16-19-12-22(21-16)9-14-3-1-2-6-18-14/h1-8,12H,9-11H2,(H,20,21,23). The highest BCUT2D eigenvalue weighted by Crippen LogP contribution is 2.11. The van der Waals surface area contributed by atoms with Crippen molar-refractivity contribution in [2.24, 2.45) is 0 Å². The van der Waals surface area contributed by atoms with Crippen molar-refractivity contribution in [3.63, 3.8) is 0 Å². The molecule has 0 spiro atoms. The quantitative estimate of drug-likeness (QED) is 0.708. The molecule has 1 amide bonds. The number of thioether (sulfide) groups is 1. The number of rotatable bonds is 7. The molecule has 0 saturated carbocycles. The SMILES string of the molecule is O=C(CSCc1ccncc1)Nc1ncn(Cc2ccccn2)n1. The van der Waals surface area contributed by atoms with Crippen molar-refractivity contribution in [3.05, 3.63) is 66.5 Å². The second kappa shape index (κ2) is 8.21. The summed E-state index contributed by atoms with van der Waals surface area (Å²) in [7, 11) is 0. The lowest BCUT2D eigenvalue weighted by Gasteiger charge is -2.02. The second-order valence-corrected chi connectivity index (χ2v) is 5.97. The molecule has 3 aromatic heterocycles. The monoisotopic (exact) mass is 340 g/mol. The molecule has 0 atom stereocenters. The summed E-state index contributed by atoms with van der Waals surface area (Å²) in [4.78, 5) is 24.2. The van der Waals surface area contributed by atoms with Gasteiger partial charge in [0.25, 0.3) is 0 Å². The van der Waals surface area contributed by atoms with Crippen LogP contribution in [0.25, 0.3) is 0 Å². The molecule has 0 fully saturated rings. The molecule has 0 unspecified atom stereocenters. The number of amides is 1. The van der Waals surface area contributed by atoms with Crippen LogP contribution in [-0.4, -0.2) is 36.4 Å². The molecule has 122 valence electrons. The topological polar surface area (TPSA) is 85.6 Å². The number of nitrogens with zero attached hydrogens (tertiary/aromatic N) is 5. The van der Waals surface area contributed by atoms with Gasteiger partial charge in [0.05, 0.1) is 18.0 Å². The molecule has 0 radical (unpaired) electrons. The smallest absolute Gasteiger partial charge is 0.248 e. The zero-order chi connectivity index (χ0) is 16.6. The molecule has 0 bridgehead atoms. The Labute approximate surface area is 143 Å². The first-order chi connectivity index (χ1) is 11.8. The van der Waals surface area contributed by atoms with Crippen LogP contribution >= 0.6 is 11.8 Å². The lowest BCUT2D eigenvalue weighted by Crippen LogP contribution is -2.15. The van der Waals surface area contributed by atoms with E-state index in [0.29, 0.717) is 18.2 Å². The van der Waals surface area contributed by atoms with Gasteiger partial charge in [-0.25, -0.2) is 9.67 Å². The largest absolute Gasteiger partial charge is 0.293 e. The maximum atomic E-state index is 11.9. The summed E-state index contributed by atoms with van der Waals surface area (Å²) < 4.78 is 1.64. The number of carbonyl (C=O) groups is 1. The molecule has 8 heteroatoms. The van der Waals surface area contributed by atoms with Crippen LogP contribution in [0.5, 0.6) is 0 Å². The fourth-order valence-electron chi connectivity index (χ4n) is 1.99. The van der Waals surface area contributed by atoms with Crippen molar-refractivity contribution in [1.82, 2.24) is 24.7 Å². The molecule has 0 aliphatic rings. The molecule has 3 aromatic rings. The van der Waals surface area contributed by atoms with E-state index < -0.39 is 0 Å². The van der Waals surface area contributed by atoms with Gasteiger partial charge in [-0.15, -0.1) is 16.9 Å². The molecule has 24 heavy (non-hydrogen) atoms. The molecule has 0 aliphatic carbocycles. The van der Waals surface area contributed by atoms with Crippen molar-refractivity contribution >= 4 is 23.6 Å². The van der Waals surface area contributed by atoms with Crippen LogP contribution < -0.4 is 5.32 Å². The third-order valence-corrected chi connectivity index (χ3v) is 4.09. The Hall–Kier alpha value is -2.74. The van der Waals surface area contributed by atoms with Crippen molar-refractivity contribution < 1.29 is 4.79 Å². The van der Waals surface area contributed by atoms with Crippen LogP contribution in [0, 0.1) is 0 Å². The van der Waals surface area contributed by atoms with Crippen LogP contribution in [0.15, 0.2) is 55.2 Å². The van der Waals surface area contributed by atoms with E-state index in [1.54, 1.807) is 29.6 Å². The van der Waals surface area contributed by atoms with E-state index in [1.807, 2.05) is 30.3 Å². The molecule has 3 heterocycles. The average Bonchev–Trinajstić information content (AvgIpc) is 3.03. The van der Waals surface area contributed by atoms with Crippen molar-refractivity contribution in [2.75, 3.05) is 11.1 Å². The number of aromatic nitrogens is 5. The summed E-state index contributed by atoms with van der Waals surface area (Å²) in [5.74, 6) is 1.29. The van der Waals surface area contributed by atoms with Crippen LogP contribution in [0.1, 0.15) is 11.3 Å². The van der Waals surface area contributed by atoms with Crippen LogP contribution in [0.3, 0.4) is 0 Å². The van der Waals surface area contributed by atoms with E-state index in [-0.39, 0.29) is 5.91 Å². The first-order valence-electron chi connectivity index (χ1n) is 7.35. The van der Waals surface area contributed by atoms with Gasteiger partial charge in [0.1, 0.15) is 6.33 Å². The molecular weight excluding hydrogens is 324 g/mol. The zero-order valence-corrected chi connectivity index (χ0v) is 13.7. The van der Waals surface area contributed by atoms with Crippen molar-refractivity contribution in [2.45, 2.75) is 12.3 Å². The average molecular weight is 340 g/mol. The van der Waals surface area contributed by atoms with Crippen LogP contribution in [0.4, 0.5) is 5.95 Å². The zero-order valence-electron chi connectivity index (χ0n) is 12.9. The van der Waals surface area contributed by atoms with E-state index in [9.17, 15) is 4.79 Å². The highest BCUT2D eigenvalue weighted by Gasteiger charge is 2.07. The number of carbonyl (C=O) groups excluding carboxylic acids is 1. The van der Waals surface area contributed by atoms with E-state index in [2.05, 4.69) is 25.4 Å². The Balaban J connectivity index is 1.45. The second-order valence-electron chi connectivity index (χ2n) is 4.98. The summed E-state index contributed by atoms with van der Waals surface area (Å²) in [6, 6.07) is 9.56. The normalized spacial score (nSPS) is 10.5. The summed E-state index contributed by atoms with van der Waals surface area (Å²) in [5, 5.41) is 6.93. The fourth-order valence-corrected chi connectivity index (χ4v) is 2.77. The predicted octanol–water partition coefficient (Wildman–Crippen LogP) is 1.99. The van der Waals surface area contributed by atoms with E-state index in [0.717, 1.165) is 17.0 Å². The van der Waals surface area contributed by atoms with E-state index in [1.165, 1.54) is 11.8 Å². The molecule has 1 N–H and O–H groups in total. The number of nitrogens with one attached hydrogen (secondary N) is 1. The van der Waals surface area contributed by atoms with Gasteiger partial charge in [-0.1, -0.05) is 6.07 Å². The minimum Gasteiger partial charge on any atom is -0.293 e. The van der Waals surface area contributed by atoms with Crippen LogP contribution in [-0.2, 0) is 17.1 Å². The Bertz CT molecular complexity index is 778. The van der Waals surface area contributed by atoms with Gasteiger partial charge in [0, 0.05) is 24.3 Å². The maximum Gasteiger partial charge on any atom is 0.248 e. The van der Waals surface area contributed by atoms with Crippen molar-refractivity contribution in [1.29, 1.82) is 0 Å². The molecule has 0 aliphatic heterocycles. The van der Waals surface area contributed by atoms with Gasteiger partial charge in [0.15, 0.2) is 0 Å². The number of pyridine rings is 2. The van der Waals surface area contributed by atoms with Gasteiger partial charge >= 0.3 is 0 Å². The minimum atomic E-state index is -0.121. The molecular formula is C16H16N6OS. The third-order valence-electron chi connectivity index (χ3n) is 3.09. The van der Waals surface area contributed by atoms with Gasteiger partial charge in [-0.2, -0.15) is 0 Å². The van der Waals surface area contributed by atoms with Gasteiger partial charge in [-0.3, -0.25) is 20.1 Å². The van der Waals surface area contributed by atoms with E-state index in [4.69, 9.17) is 0 Å². The summed E-state index contributed by atoms with van der Waals surface area (Å²) in [5.41, 5.74) is 2.02. The minimum absolute atomic E-state index is 0.121. The summed E-state index contributed by atoms with van der Waals surface area (Å²) >= 11 is 1.53. The fraction of sp³-hybridized carbons (Fsp3) is 0.188. The maximum absolute atomic E-state index is 11.9. The Morgan fingerprint density at radius 2 is 2.00 bits per heavy atom. The predicted molar refractivity (Wildman–Crippen MR) is 92.4 cm³/mol. The van der Waals surface area contributed by atoms with Crippen LogP contribution in [0.2, 0.25) is 0 Å². The Morgan fingerprint density at radius 3 is 2.79 bits per heavy atom. The molecule has 0 saturated heterocycles.